The Balaban J connectivity index is 3.25. The smallest absolute Gasteiger partial charge is 0.177 e. The zero-order valence-electron chi connectivity index (χ0n) is 5.90. The molecule has 2 nitrogen and oxygen atoms in total. The zero-order chi connectivity index (χ0) is 8.43. The number of ether oxygens (including phenoxy) is 1. The molecule has 1 aromatic carbocycles. The lowest BCUT2D eigenvalue weighted by Crippen LogP contribution is -1.95. The van der Waals surface area contributed by atoms with E-state index in [1.54, 1.807) is 6.07 Å². The van der Waals surface area contributed by atoms with Gasteiger partial charge in [-0.25, -0.2) is 4.39 Å². The lowest BCUT2D eigenvalue weighted by molar-refractivity contribution is 0.388. The van der Waals surface area contributed by atoms with Gasteiger partial charge < -0.3 is 10.5 Å². The Hall–Kier alpha value is -0.770. The van der Waals surface area contributed by atoms with Crippen molar-refractivity contribution in [3.63, 3.8) is 0 Å². The second-order valence-corrected chi connectivity index (χ2v) is 2.93. The Bertz CT molecular complexity index is 254. The summed E-state index contributed by atoms with van der Waals surface area (Å²) >= 11 is 3.10. The van der Waals surface area contributed by atoms with Crippen molar-refractivity contribution in [3.05, 3.63) is 22.4 Å². The quantitative estimate of drug-likeness (QED) is 0.736. The first-order valence-corrected chi connectivity index (χ1v) is 3.73. The van der Waals surface area contributed by atoms with Crippen LogP contribution >= 0.6 is 15.9 Å². The third kappa shape index (κ3) is 1.63. The first kappa shape index (κ1) is 8.33. The Labute approximate surface area is 72.3 Å². The summed E-state index contributed by atoms with van der Waals surface area (Å²) < 4.78 is 18.2. The van der Waals surface area contributed by atoms with Gasteiger partial charge in [0.2, 0.25) is 0 Å². The monoisotopic (exact) mass is 219 g/mol. The molecule has 4 heteroatoms. The van der Waals surface area contributed by atoms with E-state index in [4.69, 9.17) is 10.5 Å². The van der Waals surface area contributed by atoms with Crippen molar-refractivity contribution < 1.29 is 9.13 Å². The number of hydrogen-bond acceptors (Lipinski definition) is 2. The molecule has 60 valence electrons. The Morgan fingerprint density at radius 1 is 1.55 bits per heavy atom. The molecule has 2 N–H and O–H groups in total. The van der Waals surface area contributed by atoms with Crippen molar-refractivity contribution in [3.8, 4) is 5.75 Å². The molecule has 1 rings (SSSR count). The fourth-order valence-corrected chi connectivity index (χ4v) is 1.24. The highest BCUT2D eigenvalue weighted by Crippen LogP contribution is 2.28. The molecule has 0 saturated carbocycles. The summed E-state index contributed by atoms with van der Waals surface area (Å²) in [6.07, 6.45) is 0. The normalized spacial score (nSPS) is 9.73. The molecule has 0 spiro atoms. The summed E-state index contributed by atoms with van der Waals surface area (Å²) in [6, 6.07) is 2.89. The maximum atomic E-state index is 12.9. The predicted molar refractivity (Wildman–Crippen MR) is 45.1 cm³/mol. The van der Waals surface area contributed by atoms with Gasteiger partial charge in [0.1, 0.15) is 0 Å². The van der Waals surface area contributed by atoms with Gasteiger partial charge in [0.15, 0.2) is 11.6 Å². The van der Waals surface area contributed by atoms with E-state index in [0.717, 1.165) is 0 Å². The molecule has 0 atom stereocenters. The number of rotatable bonds is 1. The molecule has 0 fully saturated rings. The molecule has 0 saturated heterocycles. The lowest BCUT2D eigenvalue weighted by Gasteiger charge is -2.04. The van der Waals surface area contributed by atoms with Crippen molar-refractivity contribution >= 4 is 21.6 Å². The number of methoxy groups -OCH3 is 1. The minimum Gasteiger partial charge on any atom is -0.492 e. The van der Waals surface area contributed by atoms with Crippen LogP contribution in [0, 0.1) is 5.82 Å². The first-order chi connectivity index (χ1) is 5.15. The molecular weight excluding hydrogens is 213 g/mol. The Morgan fingerprint density at radius 2 is 2.18 bits per heavy atom. The van der Waals surface area contributed by atoms with Crippen LogP contribution in [0.5, 0.6) is 5.75 Å². The number of nitrogen functional groups attached to an aromatic ring is 1. The molecule has 0 heterocycles. The molecular formula is C7H7BrFNO. The van der Waals surface area contributed by atoms with E-state index in [0.29, 0.717) is 10.2 Å². The van der Waals surface area contributed by atoms with Crippen LogP contribution < -0.4 is 10.5 Å². The van der Waals surface area contributed by atoms with Gasteiger partial charge in [-0.3, -0.25) is 0 Å². The topological polar surface area (TPSA) is 35.2 Å². The van der Waals surface area contributed by atoms with Crippen molar-refractivity contribution in [1.29, 1.82) is 0 Å². The molecule has 0 radical (unpaired) electrons. The van der Waals surface area contributed by atoms with E-state index in [9.17, 15) is 4.39 Å². The SMILES string of the molecule is COc1c(N)cc(Br)cc1F. The number of benzene rings is 1. The average molecular weight is 220 g/mol. The highest BCUT2D eigenvalue weighted by Gasteiger charge is 2.06. The van der Waals surface area contributed by atoms with Gasteiger partial charge in [-0.2, -0.15) is 0 Å². The number of anilines is 1. The highest BCUT2D eigenvalue weighted by atomic mass is 79.9. The van der Waals surface area contributed by atoms with Gasteiger partial charge in [0.05, 0.1) is 12.8 Å². The molecule has 0 aliphatic carbocycles. The van der Waals surface area contributed by atoms with Crippen molar-refractivity contribution in [1.82, 2.24) is 0 Å². The molecule has 0 amide bonds. The summed E-state index contributed by atoms with van der Waals surface area (Å²) in [6.45, 7) is 0. The van der Waals surface area contributed by atoms with Gasteiger partial charge in [-0.05, 0) is 12.1 Å². The summed E-state index contributed by atoms with van der Waals surface area (Å²) in [5.74, 6) is -0.368. The van der Waals surface area contributed by atoms with Crippen LogP contribution in [0.3, 0.4) is 0 Å². The number of halogens is 2. The average Bonchev–Trinajstić information content (AvgIpc) is 1.85. The third-order valence-electron chi connectivity index (χ3n) is 1.24. The van der Waals surface area contributed by atoms with Gasteiger partial charge in [0.25, 0.3) is 0 Å². The van der Waals surface area contributed by atoms with Crippen molar-refractivity contribution in [2.45, 2.75) is 0 Å². The van der Waals surface area contributed by atoms with Crippen molar-refractivity contribution in [2.75, 3.05) is 12.8 Å². The summed E-state index contributed by atoms with van der Waals surface area (Å²) in [5, 5.41) is 0. The second kappa shape index (κ2) is 3.09. The molecule has 0 bridgehead atoms. The Kier molecular flexibility index (Phi) is 2.34. The largest absolute Gasteiger partial charge is 0.492 e. The van der Waals surface area contributed by atoms with E-state index in [1.807, 2.05) is 0 Å². The van der Waals surface area contributed by atoms with Gasteiger partial charge in [-0.15, -0.1) is 0 Å². The predicted octanol–water partition coefficient (Wildman–Crippen LogP) is 2.18. The Morgan fingerprint density at radius 3 is 2.64 bits per heavy atom. The van der Waals surface area contributed by atoms with Crippen LogP contribution in [0.15, 0.2) is 16.6 Å². The molecule has 1 aromatic rings. The number of hydrogen-bond donors (Lipinski definition) is 1. The number of nitrogens with two attached hydrogens (primary N) is 1. The van der Waals surface area contributed by atoms with Crippen molar-refractivity contribution in [2.24, 2.45) is 0 Å². The van der Waals surface area contributed by atoms with E-state index < -0.39 is 5.82 Å². The molecule has 0 aliphatic rings. The molecule has 11 heavy (non-hydrogen) atoms. The highest BCUT2D eigenvalue weighted by molar-refractivity contribution is 9.10. The lowest BCUT2D eigenvalue weighted by atomic mass is 10.3. The van der Waals surface area contributed by atoms with Crippen LogP contribution in [0.4, 0.5) is 10.1 Å². The van der Waals surface area contributed by atoms with Crippen LogP contribution in [-0.2, 0) is 0 Å². The zero-order valence-corrected chi connectivity index (χ0v) is 7.48. The standard InChI is InChI=1S/C7H7BrFNO/c1-11-7-5(9)2-4(8)3-6(7)10/h2-3H,10H2,1H3. The van der Waals surface area contributed by atoms with Gasteiger partial charge >= 0.3 is 0 Å². The van der Waals surface area contributed by atoms with E-state index in [1.165, 1.54) is 13.2 Å². The van der Waals surface area contributed by atoms with Gasteiger partial charge in [0, 0.05) is 4.47 Å². The molecule has 0 aliphatic heterocycles. The maximum absolute atomic E-state index is 12.9. The molecule has 0 unspecified atom stereocenters. The maximum Gasteiger partial charge on any atom is 0.177 e. The van der Waals surface area contributed by atoms with Crippen LogP contribution in [0.2, 0.25) is 0 Å². The summed E-state index contributed by atoms with van der Waals surface area (Å²) in [5.41, 5.74) is 5.73. The second-order valence-electron chi connectivity index (χ2n) is 2.01. The molecule has 0 aromatic heterocycles. The summed E-state index contributed by atoms with van der Waals surface area (Å²) in [4.78, 5) is 0. The third-order valence-corrected chi connectivity index (χ3v) is 1.70. The van der Waals surface area contributed by atoms with E-state index in [-0.39, 0.29) is 5.75 Å². The first-order valence-electron chi connectivity index (χ1n) is 2.93. The van der Waals surface area contributed by atoms with E-state index in [2.05, 4.69) is 15.9 Å². The fraction of sp³-hybridized carbons (Fsp3) is 0.143. The van der Waals surface area contributed by atoms with Gasteiger partial charge in [-0.1, -0.05) is 15.9 Å². The summed E-state index contributed by atoms with van der Waals surface area (Å²) in [7, 11) is 1.38. The van der Waals surface area contributed by atoms with Crippen LogP contribution in [0.1, 0.15) is 0 Å². The van der Waals surface area contributed by atoms with Crippen LogP contribution in [-0.4, -0.2) is 7.11 Å². The fourth-order valence-electron chi connectivity index (χ4n) is 0.796. The van der Waals surface area contributed by atoms with Crippen LogP contribution in [0.25, 0.3) is 0 Å². The van der Waals surface area contributed by atoms with E-state index >= 15 is 0 Å². The minimum atomic E-state index is -0.459. The minimum absolute atomic E-state index is 0.0909.